The van der Waals surface area contributed by atoms with Crippen LogP contribution in [0.5, 0.6) is 0 Å². The number of nitrogens with zero attached hydrogens (tertiary/aromatic N) is 2. The topological polar surface area (TPSA) is 18.5 Å². The highest BCUT2D eigenvalue weighted by atomic mass is 15.2. The zero-order valence-electron chi connectivity index (χ0n) is 9.21. The van der Waals surface area contributed by atoms with Crippen LogP contribution < -0.4 is 5.32 Å². The summed E-state index contributed by atoms with van der Waals surface area (Å²) in [5.74, 6) is 0. The van der Waals surface area contributed by atoms with Gasteiger partial charge in [-0.3, -0.25) is 4.90 Å². The molecule has 0 aromatic carbocycles. The summed E-state index contributed by atoms with van der Waals surface area (Å²) in [5, 5.41) is 3.45. The molecule has 0 aliphatic carbocycles. The van der Waals surface area contributed by atoms with E-state index in [4.69, 9.17) is 0 Å². The van der Waals surface area contributed by atoms with Crippen LogP contribution in [0.2, 0.25) is 0 Å². The molecule has 1 heterocycles. The van der Waals surface area contributed by atoms with E-state index in [1.807, 2.05) is 0 Å². The maximum absolute atomic E-state index is 3.45. The van der Waals surface area contributed by atoms with E-state index in [1.54, 1.807) is 0 Å². The summed E-state index contributed by atoms with van der Waals surface area (Å²) in [4.78, 5) is 4.93. The Labute approximate surface area is 83.6 Å². The van der Waals surface area contributed by atoms with Crippen LogP contribution in [-0.4, -0.2) is 62.2 Å². The van der Waals surface area contributed by atoms with Crippen LogP contribution in [0.1, 0.15) is 15.3 Å². The molecule has 0 spiro atoms. The van der Waals surface area contributed by atoms with Gasteiger partial charge in [0.2, 0.25) is 0 Å². The molecule has 1 N–H and O–H groups in total. The van der Waals surface area contributed by atoms with Gasteiger partial charge in [-0.2, -0.15) is 0 Å². The van der Waals surface area contributed by atoms with Crippen molar-refractivity contribution >= 4 is 0 Å². The van der Waals surface area contributed by atoms with E-state index in [1.165, 1.54) is 32.7 Å². The Balaban J connectivity index is 0.00000169. The third-order valence-electron chi connectivity index (χ3n) is 2.58. The monoisotopic (exact) mass is 187 g/mol. The molecule has 0 aromatic rings. The molecule has 1 saturated heterocycles. The van der Waals surface area contributed by atoms with E-state index >= 15 is 0 Å². The molecule has 0 unspecified atom stereocenters. The van der Waals surface area contributed by atoms with Crippen molar-refractivity contribution in [3.05, 3.63) is 0 Å². The molecule has 1 rings (SSSR count). The molecule has 0 radical (unpaired) electrons. The molecule has 1 aliphatic heterocycles. The van der Waals surface area contributed by atoms with Gasteiger partial charge in [-0.05, 0) is 7.05 Å². The maximum atomic E-state index is 3.45. The van der Waals surface area contributed by atoms with Crippen molar-refractivity contribution < 1.29 is 1.43 Å². The third kappa shape index (κ3) is 4.60. The van der Waals surface area contributed by atoms with Crippen LogP contribution in [0.15, 0.2) is 0 Å². The Hall–Kier alpha value is -0.120. The lowest BCUT2D eigenvalue weighted by molar-refractivity contribution is 0.154. The molecule has 0 saturated carbocycles. The average molecular weight is 187 g/mol. The molecule has 0 amide bonds. The quantitative estimate of drug-likeness (QED) is 0.690. The van der Waals surface area contributed by atoms with Crippen LogP contribution in [0.4, 0.5) is 0 Å². The minimum atomic E-state index is 0. The van der Waals surface area contributed by atoms with Gasteiger partial charge in [-0.15, -0.1) is 0 Å². The summed E-state index contributed by atoms with van der Waals surface area (Å²) in [6, 6.07) is 0.618. The fourth-order valence-corrected chi connectivity index (χ4v) is 1.58. The second-order valence-electron chi connectivity index (χ2n) is 4.25. The van der Waals surface area contributed by atoms with Crippen molar-refractivity contribution in [1.82, 2.24) is 15.1 Å². The number of piperazine rings is 1. The van der Waals surface area contributed by atoms with Gasteiger partial charge < -0.3 is 10.2 Å². The van der Waals surface area contributed by atoms with Crippen molar-refractivity contribution in [3.63, 3.8) is 0 Å². The standard InChI is InChI=1S/C10H23N3.H2/c1-10(2)11-4-5-13-8-6-12(3)7-9-13;/h10-11H,4-9H2,1-3H3;1H. The lowest BCUT2D eigenvalue weighted by atomic mass is 10.3. The summed E-state index contributed by atoms with van der Waals surface area (Å²) >= 11 is 0. The molecular weight excluding hydrogens is 162 g/mol. The number of nitrogens with one attached hydrogen (secondary N) is 1. The fraction of sp³-hybridized carbons (Fsp3) is 1.00. The molecule has 0 aromatic heterocycles. The molecule has 3 nitrogen and oxygen atoms in total. The Morgan fingerprint density at radius 3 is 2.38 bits per heavy atom. The molecule has 0 atom stereocenters. The van der Waals surface area contributed by atoms with E-state index in [0.717, 1.165) is 6.54 Å². The zero-order chi connectivity index (χ0) is 9.68. The Kier molecular flexibility index (Phi) is 4.70. The van der Waals surface area contributed by atoms with Crippen LogP contribution in [0.25, 0.3) is 0 Å². The summed E-state index contributed by atoms with van der Waals surface area (Å²) in [6.07, 6.45) is 0. The minimum Gasteiger partial charge on any atom is -0.313 e. The first-order valence-corrected chi connectivity index (χ1v) is 5.33. The van der Waals surface area contributed by atoms with Crippen molar-refractivity contribution in [2.45, 2.75) is 19.9 Å². The SMILES string of the molecule is CC(C)NCCN1CCN(C)CC1.[HH]. The van der Waals surface area contributed by atoms with Gasteiger partial charge in [0.1, 0.15) is 0 Å². The van der Waals surface area contributed by atoms with E-state index in [-0.39, 0.29) is 1.43 Å². The highest BCUT2D eigenvalue weighted by molar-refractivity contribution is 4.70. The first kappa shape index (κ1) is 11.0. The molecule has 0 bridgehead atoms. The summed E-state index contributed by atoms with van der Waals surface area (Å²) < 4.78 is 0. The predicted octanol–water partition coefficient (Wildman–Crippen LogP) is 0.478. The van der Waals surface area contributed by atoms with Gasteiger partial charge in [0.25, 0.3) is 0 Å². The van der Waals surface area contributed by atoms with Crippen molar-refractivity contribution in [3.8, 4) is 0 Å². The van der Waals surface area contributed by atoms with E-state index in [0.29, 0.717) is 6.04 Å². The lowest BCUT2D eigenvalue weighted by Gasteiger charge is -2.32. The van der Waals surface area contributed by atoms with E-state index < -0.39 is 0 Å². The second kappa shape index (κ2) is 5.58. The first-order valence-electron chi connectivity index (χ1n) is 5.33. The normalized spacial score (nSPS) is 21.2. The molecule has 3 heteroatoms. The van der Waals surface area contributed by atoms with Crippen LogP contribution in [0, 0.1) is 0 Å². The van der Waals surface area contributed by atoms with E-state index in [9.17, 15) is 0 Å². The largest absolute Gasteiger partial charge is 0.313 e. The number of rotatable bonds is 4. The zero-order valence-corrected chi connectivity index (χ0v) is 9.21. The molecule has 1 aliphatic rings. The Morgan fingerprint density at radius 2 is 1.85 bits per heavy atom. The molecule has 80 valence electrons. The minimum absolute atomic E-state index is 0. The predicted molar refractivity (Wildman–Crippen MR) is 59.2 cm³/mol. The summed E-state index contributed by atoms with van der Waals surface area (Å²) in [6.45, 7) is 11.6. The third-order valence-corrected chi connectivity index (χ3v) is 2.58. The maximum Gasteiger partial charge on any atom is 0.0110 e. The first-order chi connectivity index (χ1) is 6.18. The summed E-state index contributed by atoms with van der Waals surface area (Å²) in [7, 11) is 2.20. The molecular formula is C10H25N3. The van der Waals surface area contributed by atoms with Gasteiger partial charge in [0.05, 0.1) is 0 Å². The lowest BCUT2D eigenvalue weighted by Crippen LogP contribution is -2.46. The van der Waals surface area contributed by atoms with Gasteiger partial charge in [0, 0.05) is 46.7 Å². The van der Waals surface area contributed by atoms with E-state index in [2.05, 4.69) is 36.0 Å². The van der Waals surface area contributed by atoms with Gasteiger partial charge >= 0.3 is 0 Å². The van der Waals surface area contributed by atoms with Crippen LogP contribution in [0.3, 0.4) is 0 Å². The van der Waals surface area contributed by atoms with Gasteiger partial charge in [0.15, 0.2) is 0 Å². The highest BCUT2D eigenvalue weighted by Gasteiger charge is 2.12. The van der Waals surface area contributed by atoms with Crippen LogP contribution in [-0.2, 0) is 0 Å². The van der Waals surface area contributed by atoms with Gasteiger partial charge in [-0.1, -0.05) is 13.8 Å². The molecule has 13 heavy (non-hydrogen) atoms. The highest BCUT2D eigenvalue weighted by Crippen LogP contribution is 1.97. The Morgan fingerprint density at radius 1 is 1.23 bits per heavy atom. The summed E-state index contributed by atoms with van der Waals surface area (Å²) in [5.41, 5.74) is 0. The number of likely N-dealkylation sites (N-methyl/N-ethyl adjacent to an activating group) is 1. The van der Waals surface area contributed by atoms with Gasteiger partial charge in [-0.25, -0.2) is 0 Å². The van der Waals surface area contributed by atoms with Crippen molar-refractivity contribution in [2.24, 2.45) is 0 Å². The Bertz CT molecular complexity index is 133. The fourth-order valence-electron chi connectivity index (χ4n) is 1.58. The average Bonchev–Trinajstić information content (AvgIpc) is 2.08. The number of hydrogen-bond donors (Lipinski definition) is 1. The van der Waals surface area contributed by atoms with Crippen LogP contribution >= 0.6 is 0 Å². The number of hydrogen-bond acceptors (Lipinski definition) is 3. The smallest absolute Gasteiger partial charge is 0.0110 e. The second-order valence-corrected chi connectivity index (χ2v) is 4.25. The van der Waals surface area contributed by atoms with Crippen molar-refractivity contribution in [1.29, 1.82) is 0 Å². The van der Waals surface area contributed by atoms with Crippen molar-refractivity contribution in [2.75, 3.05) is 46.3 Å². The molecule has 1 fully saturated rings.